The average Bonchev–Trinajstić information content (AvgIpc) is 2.63. The number of hydrogen-bond donors (Lipinski definition) is 2. The summed E-state index contributed by atoms with van der Waals surface area (Å²) in [5.41, 5.74) is 0.368. The number of carbonyl (C=O) groups excluding carboxylic acids is 2. The lowest BCUT2D eigenvalue weighted by Crippen LogP contribution is -2.23. The first-order valence-corrected chi connectivity index (χ1v) is 8.43. The second-order valence-corrected chi connectivity index (χ2v) is 6.00. The molecule has 8 heteroatoms. The molecular formula is C19H15Cl2FN2O3. The van der Waals surface area contributed by atoms with Gasteiger partial charge in [0, 0.05) is 23.8 Å². The number of benzene rings is 2. The Morgan fingerprint density at radius 3 is 2.56 bits per heavy atom. The molecule has 0 aliphatic heterocycles. The summed E-state index contributed by atoms with van der Waals surface area (Å²) in [6.07, 6.45) is 4.79. The topological polar surface area (TPSA) is 67.4 Å². The van der Waals surface area contributed by atoms with Crippen LogP contribution in [0.4, 0.5) is 4.39 Å². The fraction of sp³-hybridized carbons (Fsp3) is 0.0526. The van der Waals surface area contributed by atoms with E-state index < -0.39 is 11.7 Å². The molecule has 2 aromatic carbocycles. The molecule has 0 atom stereocenters. The lowest BCUT2D eigenvalue weighted by molar-refractivity contribution is -0.104. The zero-order chi connectivity index (χ0) is 19.8. The van der Waals surface area contributed by atoms with Gasteiger partial charge in [-0.3, -0.25) is 9.59 Å². The molecule has 5 nitrogen and oxygen atoms in total. The molecule has 1 amide bonds. The van der Waals surface area contributed by atoms with Gasteiger partial charge >= 0.3 is 0 Å². The third kappa shape index (κ3) is 5.84. The lowest BCUT2D eigenvalue weighted by Gasteiger charge is -2.13. The monoisotopic (exact) mass is 408 g/mol. The van der Waals surface area contributed by atoms with E-state index in [1.165, 1.54) is 42.5 Å². The van der Waals surface area contributed by atoms with Gasteiger partial charge in [0.15, 0.2) is 0 Å². The van der Waals surface area contributed by atoms with E-state index in [-0.39, 0.29) is 27.8 Å². The van der Waals surface area contributed by atoms with Gasteiger partial charge in [-0.2, -0.15) is 0 Å². The molecule has 0 saturated heterocycles. The average molecular weight is 409 g/mol. The summed E-state index contributed by atoms with van der Waals surface area (Å²) in [6, 6.07) is 8.06. The Hall–Kier alpha value is -2.83. The van der Waals surface area contributed by atoms with Crippen LogP contribution in [0, 0.1) is 5.82 Å². The van der Waals surface area contributed by atoms with Crippen LogP contribution >= 0.6 is 23.2 Å². The number of aldehydes is 1. The summed E-state index contributed by atoms with van der Waals surface area (Å²) >= 11 is 12.0. The van der Waals surface area contributed by atoms with Gasteiger partial charge in [0.1, 0.15) is 23.6 Å². The molecule has 0 spiro atoms. The minimum Gasteiger partial charge on any atom is -0.455 e. The summed E-state index contributed by atoms with van der Waals surface area (Å²) in [5, 5.41) is 5.69. The van der Waals surface area contributed by atoms with E-state index in [0.29, 0.717) is 11.3 Å². The van der Waals surface area contributed by atoms with Crippen molar-refractivity contribution in [1.29, 1.82) is 0 Å². The molecule has 2 aromatic rings. The van der Waals surface area contributed by atoms with Crippen molar-refractivity contribution in [3.63, 3.8) is 0 Å². The van der Waals surface area contributed by atoms with Crippen molar-refractivity contribution in [1.82, 2.24) is 10.6 Å². The first-order valence-electron chi connectivity index (χ1n) is 7.67. The number of carbonyl (C=O) groups is 2. The van der Waals surface area contributed by atoms with E-state index in [2.05, 4.69) is 10.6 Å². The Labute approximate surface area is 165 Å². The number of nitrogens with one attached hydrogen (secondary N) is 2. The molecule has 0 heterocycles. The first-order chi connectivity index (χ1) is 12.9. The Bertz CT molecular complexity index is 914. The van der Waals surface area contributed by atoms with E-state index in [9.17, 15) is 14.0 Å². The smallest absolute Gasteiger partial charge is 0.259 e. The number of ether oxygens (including phenoxy) is 1. The molecule has 0 aliphatic carbocycles. The molecule has 0 saturated carbocycles. The highest BCUT2D eigenvalue weighted by molar-refractivity contribution is 6.32. The van der Waals surface area contributed by atoms with Crippen LogP contribution in [-0.4, -0.2) is 19.2 Å². The van der Waals surface area contributed by atoms with Crippen LogP contribution in [0.25, 0.3) is 0 Å². The van der Waals surface area contributed by atoms with Gasteiger partial charge in [0.25, 0.3) is 5.91 Å². The normalized spacial score (nSPS) is 11.3. The van der Waals surface area contributed by atoms with Crippen molar-refractivity contribution < 1.29 is 18.7 Å². The zero-order valence-corrected chi connectivity index (χ0v) is 15.6. The van der Waals surface area contributed by atoms with Gasteiger partial charge in [-0.05, 0) is 48.7 Å². The summed E-state index contributed by atoms with van der Waals surface area (Å²) < 4.78 is 18.9. The molecule has 140 valence electrons. The molecule has 2 rings (SSSR count). The predicted octanol–water partition coefficient (Wildman–Crippen LogP) is 4.47. The van der Waals surface area contributed by atoms with Gasteiger partial charge in [0.2, 0.25) is 0 Å². The molecule has 0 radical (unpaired) electrons. The highest BCUT2D eigenvalue weighted by Crippen LogP contribution is 2.33. The summed E-state index contributed by atoms with van der Waals surface area (Å²) in [7, 11) is 1.67. The summed E-state index contributed by atoms with van der Waals surface area (Å²) in [4.78, 5) is 23.4. The highest BCUT2D eigenvalue weighted by Gasteiger charge is 2.16. The summed E-state index contributed by atoms with van der Waals surface area (Å²) in [6.45, 7) is 0. The van der Waals surface area contributed by atoms with Crippen molar-refractivity contribution in [2.45, 2.75) is 0 Å². The lowest BCUT2D eigenvalue weighted by atomic mass is 10.1. The van der Waals surface area contributed by atoms with Crippen LogP contribution in [0.1, 0.15) is 10.4 Å². The minimum atomic E-state index is -0.556. The maximum Gasteiger partial charge on any atom is 0.259 e. The maximum atomic E-state index is 13.2. The van der Waals surface area contributed by atoms with Crippen molar-refractivity contribution in [2.75, 3.05) is 7.05 Å². The van der Waals surface area contributed by atoms with Gasteiger partial charge in [0.05, 0.1) is 10.6 Å². The molecule has 27 heavy (non-hydrogen) atoms. The van der Waals surface area contributed by atoms with Gasteiger partial charge in [-0.25, -0.2) is 4.39 Å². The fourth-order valence-electron chi connectivity index (χ4n) is 2.03. The molecular weight excluding hydrogens is 394 g/mol. The molecule has 2 N–H and O–H groups in total. The Morgan fingerprint density at radius 1 is 1.15 bits per heavy atom. The van der Waals surface area contributed by atoms with Gasteiger partial charge < -0.3 is 15.4 Å². The number of rotatable bonds is 7. The van der Waals surface area contributed by atoms with Crippen LogP contribution in [0.15, 0.2) is 60.4 Å². The number of allylic oxidation sites excluding steroid dienone is 2. The van der Waals surface area contributed by atoms with Crippen molar-refractivity contribution in [3.05, 3.63) is 81.9 Å². The molecule has 0 unspecified atom stereocenters. The second kappa shape index (κ2) is 9.75. The maximum absolute atomic E-state index is 13.2. The number of hydrogen-bond acceptors (Lipinski definition) is 4. The van der Waals surface area contributed by atoms with E-state index >= 15 is 0 Å². The van der Waals surface area contributed by atoms with E-state index in [0.717, 1.165) is 6.07 Å². The number of halogens is 3. The van der Waals surface area contributed by atoms with Crippen molar-refractivity contribution >= 4 is 35.4 Å². The van der Waals surface area contributed by atoms with Crippen LogP contribution in [0.2, 0.25) is 10.0 Å². The largest absolute Gasteiger partial charge is 0.455 e. The molecule has 0 fully saturated rings. The molecule has 0 aliphatic rings. The van der Waals surface area contributed by atoms with E-state index in [1.54, 1.807) is 13.2 Å². The molecule has 0 aromatic heterocycles. The van der Waals surface area contributed by atoms with Crippen LogP contribution in [-0.2, 0) is 4.79 Å². The Balaban J connectivity index is 2.34. The molecule has 0 bridgehead atoms. The highest BCUT2D eigenvalue weighted by atomic mass is 35.5. The van der Waals surface area contributed by atoms with Gasteiger partial charge in [-0.1, -0.05) is 23.2 Å². The van der Waals surface area contributed by atoms with E-state index in [4.69, 9.17) is 27.9 Å². The predicted molar refractivity (Wildman–Crippen MR) is 103 cm³/mol. The Kier molecular flexibility index (Phi) is 7.40. The van der Waals surface area contributed by atoms with Crippen molar-refractivity contribution in [2.24, 2.45) is 0 Å². The van der Waals surface area contributed by atoms with Crippen molar-refractivity contribution in [3.8, 4) is 11.5 Å². The number of amides is 1. The summed E-state index contributed by atoms with van der Waals surface area (Å²) in [5.74, 6) is -0.734. The quantitative estimate of drug-likeness (QED) is 0.402. The first kappa shape index (κ1) is 20.5. The second-order valence-electron chi connectivity index (χ2n) is 5.15. The minimum absolute atomic E-state index is 0.0507. The van der Waals surface area contributed by atoms with Crippen LogP contribution in [0.5, 0.6) is 11.5 Å². The third-order valence-corrected chi connectivity index (χ3v) is 3.77. The fourth-order valence-corrected chi connectivity index (χ4v) is 2.41. The van der Waals surface area contributed by atoms with Crippen LogP contribution in [0.3, 0.4) is 0 Å². The van der Waals surface area contributed by atoms with Crippen LogP contribution < -0.4 is 15.4 Å². The standard InChI is InChI=1S/C19H15Cl2FN2O3/c1-23-8-6-14(7-9-25)24-19(26)15-10-12(20)2-4-17(15)27-18-5-3-13(22)11-16(18)21/h2-11,23H,1H3,(H,24,26)/b8-6-,14-7+. The zero-order valence-electron chi connectivity index (χ0n) is 14.1. The van der Waals surface area contributed by atoms with Gasteiger partial charge in [-0.15, -0.1) is 0 Å². The van der Waals surface area contributed by atoms with E-state index in [1.807, 2.05) is 0 Å². The SMILES string of the molecule is CN/C=C\C(=C/C=O)NC(=O)c1cc(Cl)ccc1Oc1ccc(F)cc1Cl. The Morgan fingerprint density at radius 2 is 1.89 bits per heavy atom. The third-order valence-electron chi connectivity index (χ3n) is 3.24.